The first-order chi connectivity index (χ1) is 12.0. The van der Waals surface area contributed by atoms with Gasteiger partial charge < -0.3 is 14.4 Å². The number of methoxy groups -OCH3 is 1. The predicted octanol–water partition coefficient (Wildman–Crippen LogP) is 1.53. The van der Waals surface area contributed by atoms with E-state index in [0.717, 1.165) is 5.56 Å². The van der Waals surface area contributed by atoms with Crippen molar-refractivity contribution in [2.24, 2.45) is 0 Å². The molecule has 0 unspecified atom stereocenters. The molecule has 2 aliphatic rings. The molecule has 1 aromatic carbocycles. The van der Waals surface area contributed by atoms with Crippen molar-refractivity contribution in [1.82, 2.24) is 14.8 Å². The van der Waals surface area contributed by atoms with Crippen LogP contribution in [-0.2, 0) is 9.53 Å². The van der Waals surface area contributed by atoms with Crippen molar-refractivity contribution < 1.29 is 19.4 Å². The van der Waals surface area contributed by atoms with Crippen molar-refractivity contribution in [2.45, 2.75) is 12.5 Å². The maximum absolute atomic E-state index is 12.1. The van der Waals surface area contributed by atoms with Crippen LogP contribution in [0.4, 0.5) is 0 Å². The Hall–Kier alpha value is -3.42. The fourth-order valence-electron chi connectivity index (χ4n) is 2.73. The molecule has 0 amide bonds. The molecule has 0 saturated heterocycles. The molecule has 1 atom stereocenters. The second-order valence-corrected chi connectivity index (χ2v) is 5.45. The molecule has 3 rings (SSSR count). The Labute approximate surface area is 142 Å². The highest BCUT2D eigenvalue weighted by Gasteiger charge is 2.25. The number of carbonyl (C=O) groups is 2. The third-order valence-corrected chi connectivity index (χ3v) is 3.90. The van der Waals surface area contributed by atoms with Crippen molar-refractivity contribution >= 4 is 11.9 Å². The van der Waals surface area contributed by atoms with Gasteiger partial charge in [-0.25, -0.2) is 9.89 Å². The number of hydrogen-bond donors (Lipinski definition) is 2. The number of benzene rings is 1. The average Bonchev–Trinajstić information content (AvgIpc) is 3.00. The number of carbonyl (C=O) groups excluding carboxylic acids is 1. The number of fused-ring (bicyclic) bond motifs is 1. The third-order valence-electron chi connectivity index (χ3n) is 3.90. The summed E-state index contributed by atoms with van der Waals surface area (Å²) in [5, 5.41) is 15.4. The molecule has 2 heterocycles. The van der Waals surface area contributed by atoms with Gasteiger partial charge in [0.05, 0.1) is 25.1 Å². The SMILES string of the molecule is COC(=O)c1cn([C@@H](CC(=O)O)c2ccccc2)cc2c(=O)[nH]nc1-2. The maximum atomic E-state index is 12.1. The number of carboxylic acids is 1. The Morgan fingerprint density at radius 3 is 2.64 bits per heavy atom. The van der Waals surface area contributed by atoms with Crippen LogP contribution in [0.5, 0.6) is 0 Å². The minimum atomic E-state index is -1.00. The Balaban J connectivity index is 2.22. The lowest BCUT2D eigenvalue weighted by atomic mass is 10.0. The summed E-state index contributed by atoms with van der Waals surface area (Å²) in [6.45, 7) is 0. The summed E-state index contributed by atoms with van der Waals surface area (Å²) in [5.74, 6) is -1.66. The zero-order chi connectivity index (χ0) is 18.0. The zero-order valence-corrected chi connectivity index (χ0v) is 13.3. The van der Waals surface area contributed by atoms with E-state index in [9.17, 15) is 19.5 Å². The molecule has 2 N–H and O–H groups in total. The number of pyridine rings is 1. The van der Waals surface area contributed by atoms with E-state index in [2.05, 4.69) is 10.2 Å². The topological polar surface area (TPSA) is 114 Å². The van der Waals surface area contributed by atoms with Crippen LogP contribution in [0.15, 0.2) is 47.5 Å². The Morgan fingerprint density at radius 1 is 1.28 bits per heavy atom. The molecule has 0 aliphatic carbocycles. The molecular formula is C17H15N3O5. The van der Waals surface area contributed by atoms with E-state index in [0.29, 0.717) is 0 Å². The van der Waals surface area contributed by atoms with Crippen LogP contribution >= 0.6 is 0 Å². The largest absolute Gasteiger partial charge is 0.481 e. The normalized spacial score (nSPS) is 12.0. The molecule has 0 saturated carbocycles. The Kier molecular flexibility index (Phi) is 4.34. The highest BCUT2D eigenvalue weighted by atomic mass is 16.5. The van der Waals surface area contributed by atoms with E-state index in [-0.39, 0.29) is 23.2 Å². The fraction of sp³-hybridized carbons (Fsp3) is 0.176. The van der Waals surface area contributed by atoms with E-state index in [1.54, 1.807) is 24.3 Å². The van der Waals surface area contributed by atoms with Crippen LogP contribution in [0, 0.1) is 0 Å². The molecule has 8 nitrogen and oxygen atoms in total. The average molecular weight is 341 g/mol. The van der Waals surface area contributed by atoms with Crippen LogP contribution in [0.3, 0.4) is 0 Å². The number of carboxylic acid groups (broad SMARTS) is 1. The number of hydrogen-bond acceptors (Lipinski definition) is 5. The summed E-state index contributed by atoms with van der Waals surface area (Å²) in [6, 6.07) is 8.39. The van der Waals surface area contributed by atoms with Crippen molar-refractivity contribution in [1.29, 1.82) is 0 Å². The fourth-order valence-corrected chi connectivity index (χ4v) is 2.73. The summed E-state index contributed by atoms with van der Waals surface area (Å²) in [7, 11) is 1.22. The molecular weight excluding hydrogens is 326 g/mol. The number of rotatable bonds is 5. The van der Waals surface area contributed by atoms with Gasteiger partial charge in [-0.2, -0.15) is 5.10 Å². The van der Waals surface area contributed by atoms with E-state index in [1.807, 2.05) is 6.07 Å². The standard InChI is InChI=1S/C17H15N3O5/c1-25-17(24)12-9-20(8-11-15(12)18-19-16(11)23)13(7-14(21)22)10-5-3-2-4-6-10/h2-6,8-9,13H,7H2,1H3,(H,19,23)(H,21,22)/t13-/m0/s1. The van der Waals surface area contributed by atoms with Crippen LogP contribution in [0.1, 0.15) is 28.4 Å². The van der Waals surface area contributed by atoms with Crippen LogP contribution in [-0.4, -0.2) is 38.9 Å². The lowest BCUT2D eigenvalue weighted by Crippen LogP contribution is -2.19. The first kappa shape index (κ1) is 16.4. The smallest absolute Gasteiger partial charge is 0.341 e. The minimum absolute atomic E-state index is 0.0877. The Morgan fingerprint density at radius 2 is 2.00 bits per heavy atom. The van der Waals surface area contributed by atoms with Crippen LogP contribution in [0.25, 0.3) is 11.3 Å². The molecule has 128 valence electrons. The molecule has 25 heavy (non-hydrogen) atoms. The third kappa shape index (κ3) is 3.14. The summed E-state index contributed by atoms with van der Waals surface area (Å²) >= 11 is 0. The number of esters is 1. The number of H-pyrrole nitrogens is 1. The predicted molar refractivity (Wildman–Crippen MR) is 87.6 cm³/mol. The van der Waals surface area contributed by atoms with Crippen LogP contribution < -0.4 is 5.56 Å². The maximum Gasteiger partial charge on any atom is 0.341 e. The second-order valence-electron chi connectivity index (χ2n) is 5.45. The van der Waals surface area contributed by atoms with E-state index in [1.165, 1.54) is 24.1 Å². The summed E-state index contributed by atoms with van der Waals surface area (Å²) in [6.07, 6.45) is 2.73. The van der Waals surface area contributed by atoms with Gasteiger partial charge in [0.25, 0.3) is 5.56 Å². The molecule has 2 aliphatic heterocycles. The summed E-state index contributed by atoms with van der Waals surface area (Å²) < 4.78 is 6.29. The van der Waals surface area contributed by atoms with Gasteiger partial charge in [-0.3, -0.25) is 9.59 Å². The number of nitrogens with one attached hydrogen (secondary N) is 1. The monoisotopic (exact) mass is 341 g/mol. The van der Waals surface area contributed by atoms with Gasteiger partial charge in [-0.15, -0.1) is 0 Å². The van der Waals surface area contributed by atoms with Crippen molar-refractivity contribution in [3.8, 4) is 11.3 Å². The van der Waals surface area contributed by atoms with Gasteiger partial charge in [-0.05, 0) is 5.56 Å². The highest BCUT2D eigenvalue weighted by Crippen LogP contribution is 2.27. The number of aromatic amines is 1. The number of aliphatic carboxylic acids is 1. The van der Waals surface area contributed by atoms with Gasteiger partial charge in [0.15, 0.2) is 0 Å². The zero-order valence-electron chi connectivity index (χ0n) is 13.3. The summed E-state index contributed by atoms with van der Waals surface area (Å²) in [5.41, 5.74) is 0.742. The quantitative estimate of drug-likeness (QED) is 0.680. The van der Waals surface area contributed by atoms with E-state index < -0.39 is 23.5 Å². The van der Waals surface area contributed by atoms with Gasteiger partial charge in [0.1, 0.15) is 11.3 Å². The van der Waals surface area contributed by atoms with Crippen molar-refractivity contribution in [3.05, 3.63) is 64.2 Å². The number of nitrogens with zero attached hydrogens (tertiary/aromatic N) is 2. The Bertz CT molecular complexity index is 945. The molecule has 8 heteroatoms. The van der Waals surface area contributed by atoms with E-state index >= 15 is 0 Å². The van der Waals surface area contributed by atoms with Crippen molar-refractivity contribution in [2.75, 3.05) is 7.11 Å². The molecule has 0 spiro atoms. The first-order valence-electron chi connectivity index (χ1n) is 7.46. The van der Waals surface area contributed by atoms with Gasteiger partial charge in [0, 0.05) is 12.4 Å². The molecule has 0 radical (unpaired) electrons. The minimum Gasteiger partial charge on any atom is -0.481 e. The summed E-state index contributed by atoms with van der Waals surface area (Å²) in [4.78, 5) is 35.4. The number of aromatic nitrogens is 3. The van der Waals surface area contributed by atoms with Gasteiger partial charge in [0.2, 0.25) is 0 Å². The molecule has 0 bridgehead atoms. The lowest BCUT2D eigenvalue weighted by Gasteiger charge is -2.21. The van der Waals surface area contributed by atoms with E-state index in [4.69, 9.17) is 4.74 Å². The van der Waals surface area contributed by atoms with Crippen LogP contribution in [0.2, 0.25) is 0 Å². The number of ether oxygens (including phenoxy) is 1. The highest BCUT2D eigenvalue weighted by molar-refractivity contribution is 5.96. The first-order valence-corrected chi connectivity index (χ1v) is 7.46. The molecule has 0 aromatic heterocycles. The van der Waals surface area contributed by atoms with Gasteiger partial charge >= 0.3 is 11.9 Å². The second kappa shape index (κ2) is 6.60. The van der Waals surface area contributed by atoms with Crippen molar-refractivity contribution in [3.63, 3.8) is 0 Å². The molecule has 0 fully saturated rings. The van der Waals surface area contributed by atoms with Gasteiger partial charge in [-0.1, -0.05) is 30.3 Å². The molecule has 1 aromatic rings. The lowest BCUT2D eigenvalue weighted by molar-refractivity contribution is -0.137.